The lowest BCUT2D eigenvalue weighted by molar-refractivity contribution is -0.140. The van der Waals surface area contributed by atoms with Crippen molar-refractivity contribution in [3.63, 3.8) is 0 Å². The molecule has 1 saturated carbocycles. The Morgan fingerprint density at radius 1 is 1.50 bits per heavy atom. The third-order valence-corrected chi connectivity index (χ3v) is 3.06. The Labute approximate surface area is 90.1 Å². The molecule has 1 heterocycles. The fourth-order valence-corrected chi connectivity index (χ4v) is 1.89. The van der Waals surface area contributed by atoms with Gasteiger partial charge < -0.3 is 10.1 Å². The Kier molecular flexibility index (Phi) is 1.64. The number of imidazole rings is 1. The quantitative estimate of drug-likeness (QED) is 0.811. The summed E-state index contributed by atoms with van der Waals surface area (Å²) in [5.41, 5.74) is 0.279. The molecule has 0 amide bonds. The zero-order valence-electron chi connectivity index (χ0n) is 8.33. The maximum absolute atomic E-state index is 13.0. The van der Waals surface area contributed by atoms with Crippen LogP contribution in [0.1, 0.15) is 18.7 Å². The SMILES string of the molecule is O=C(O)C1(c2nc3ccc(F)cc3[nH]2)CC1. The van der Waals surface area contributed by atoms with Crippen LogP contribution in [0.25, 0.3) is 11.0 Å². The van der Waals surface area contributed by atoms with Crippen LogP contribution >= 0.6 is 0 Å². The van der Waals surface area contributed by atoms with Gasteiger partial charge >= 0.3 is 5.97 Å². The molecule has 0 saturated heterocycles. The molecule has 1 aromatic carbocycles. The highest BCUT2D eigenvalue weighted by atomic mass is 19.1. The standard InChI is InChI=1S/C11H9FN2O2/c12-6-1-2-7-8(5-6)14-9(13-7)11(3-4-11)10(15)16/h1-2,5H,3-4H2,(H,13,14)(H,15,16). The van der Waals surface area contributed by atoms with E-state index in [2.05, 4.69) is 9.97 Å². The first kappa shape index (κ1) is 9.33. The van der Waals surface area contributed by atoms with Crippen LogP contribution in [0.4, 0.5) is 4.39 Å². The Bertz CT molecular complexity index is 587. The van der Waals surface area contributed by atoms with Gasteiger partial charge in [-0.1, -0.05) is 0 Å². The van der Waals surface area contributed by atoms with Crippen molar-refractivity contribution in [2.45, 2.75) is 18.3 Å². The number of rotatable bonds is 2. The van der Waals surface area contributed by atoms with Gasteiger partial charge in [0, 0.05) is 0 Å². The molecular formula is C11H9FN2O2. The molecule has 0 bridgehead atoms. The van der Waals surface area contributed by atoms with E-state index in [0.29, 0.717) is 29.7 Å². The average molecular weight is 220 g/mol. The predicted octanol–water partition coefficient (Wildman–Crippen LogP) is 1.82. The molecule has 0 radical (unpaired) electrons. The summed E-state index contributed by atoms with van der Waals surface area (Å²) in [6.07, 6.45) is 1.18. The second kappa shape index (κ2) is 2.81. The van der Waals surface area contributed by atoms with Gasteiger partial charge in [0.15, 0.2) is 0 Å². The van der Waals surface area contributed by atoms with Crippen molar-refractivity contribution in [3.8, 4) is 0 Å². The van der Waals surface area contributed by atoms with Crippen LogP contribution in [0.2, 0.25) is 0 Å². The summed E-state index contributed by atoms with van der Waals surface area (Å²) in [6, 6.07) is 4.18. The Morgan fingerprint density at radius 2 is 2.25 bits per heavy atom. The number of carboxylic acids is 1. The number of halogens is 1. The van der Waals surface area contributed by atoms with E-state index in [9.17, 15) is 9.18 Å². The van der Waals surface area contributed by atoms with Crippen LogP contribution in [-0.2, 0) is 10.2 Å². The Balaban J connectivity index is 2.16. The van der Waals surface area contributed by atoms with Gasteiger partial charge in [-0.2, -0.15) is 0 Å². The molecule has 1 aliphatic carbocycles. The first-order valence-electron chi connectivity index (χ1n) is 5.01. The van der Waals surface area contributed by atoms with E-state index in [1.807, 2.05) is 0 Å². The lowest BCUT2D eigenvalue weighted by Gasteiger charge is -2.03. The molecule has 2 aromatic rings. The monoisotopic (exact) mass is 220 g/mol. The van der Waals surface area contributed by atoms with Gasteiger partial charge in [0.25, 0.3) is 0 Å². The number of H-pyrrole nitrogens is 1. The molecule has 0 atom stereocenters. The van der Waals surface area contributed by atoms with E-state index < -0.39 is 11.4 Å². The summed E-state index contributed by atoms with van der Waals surface area (Å²) in [4.78, 5) is 18.2. The Hall–Kier alpha value is -1.91. The number of nitrogens with zero attached hydrogens (tertiary/aromatic N) is 1. The van der Waals surface area contributed by atoms with Gasteiger partial charge in [-0.05, 0) is 31.0 Å². The Morgan fingerprint density at radius 3 is 2.88 bits per heavy atom. The average Bonchev–Trinajstić information content (AvgIpc) is 2.94. The van der Waals surface area contributed by atoms with Crippen LogP contribution < -0.4 is 0 Å². The van der Waals surface area contributed by atoms with Crippen LogP contribution in [0, 0.1) is 5.82 Å². The van der Waals surface area contributed by atoms with E-state index in [0.717, 1.165) is 0 Å². The highest BCUT2D eigenvalue weighted by molar-refractivity contribution is 5.85. The van der Waals surface area contributed by atoms with Gasteiger partial charge in [-0.3, -0.25) is 4.79 Å². The van der Waals surface area contributed by atoms with E-state index in [1.165, 1.54) is 12.1 Å². The van der Waals surface area contributed by atoms with Crippen molar-refractivity contribution < 1.29 is 14.3 Å². The van der Waals surface area contributed by atoms with Crippen molar-refractivity contribution in [1.82, 2.24) is 9.97 Å². The topological polar surface area (TPSA) is 66.0 Å². The van der Waals surface area contributed by atoms with Gasteiger partial charge in [-0.15, -0.1) is 0 Å². The van der Waals surface area contributed by atoms with Crippen molar-refractivity contribution in [2.75, 3.05) is 0 Å². The van der Waals surface area contributed by atoms with Crippen molar-refractivity contribution in [2.24, 2.45) is 0 Å². The molecular weight excluding hydrogens is 211 g/mol. The number of nitrogens with one attached hydrogen (secondary N) is 1. The number of hydrogen-bond acceptors (Lipinski definition) is 2. The number of benzene rings is 1. The van der Waals surface area contributed by atoms with Crippen LogP contribution in [0.15, 0.2) is 18.2 Å². The number of aromatic nitrogens is 2. The van der Waals surface area contributed by atoms with Gasteiger partial charge in [-0.25, -0.2) is 9.37 Å². The van der Waals surface area contributed by atoms with E-state index >= 15 is 0 Å². The zero-order chi connectivity index (χ0) is 11.3. The fraction of sp³-hybridized carbons (Fsp3) is 0.273. The molecule has 3 rings (SSSR count). The van der Waals surface area contributed by atoms with E-state index in [4.69, 9.17) is 5.11 Å². The fourth-order valence-electron chi connectivity index (χ4n) is 1.89. The number of carbonyl (C=O) groups is 1. The largest absolute Gasteiger partial charge is 0.480 e. The van der Waals surface area contributed by atoms with E-state index in [1.54, 1.807) is 6.07 Å². The summed E-state index contributed by atoms with van der Waals surface area (Å²) in [5, 5.41) is 9.10. The molecule has 5 heteroatoms. The zero-order valence-corrected chi connectivity index (χ0v) is 8.33. The summed E-state index contributed by atoms with van der Waals surface area (Å²) in [5.74, 6) is -0.796. The maximum Gasteiger partial charge on any atom is 0.317 e. The van der Waals surface area contributed by atoms with Crippen molar-refractivity contribution in [1.29, 1.82) is 0 Å². The smallest absolute Gasteiger partial charge is 0.317 e. The minimum atomic E-state index is -0.868. The van der Waals surface area contributed by atoms with Crippen LogP contribution in [-0.4, -0.2) is 21.0 Å². The first-order valence-corrected chi connectivity index (χ1v) is 5.01. The minimum absolute atomic E-state index is 0.358. The van der Waals surface area contributed by atoms with Crippen LogP contribution in [0.5, 0.6) is 0 Å². The third kappa shape index (κ3) is 1.14. The highest BCUT2D eigenvalue weighted by Crippen LogP contribution is 2.47. The summed E-state index contributed by atoms with van der Waals surface area (Å²) >= 11 is 0. The number of aliphatic carboxylic acids is 1. The number of fused-ring (bicyclic) bond motifs is 1. The lowest BCUT2D eigenvalue weighted by atomic mass is 10.1. The molecule has 82 valence electrons. The molecule has 0 spiro atoms. The second-order valence-electron chi connectivity index (χ2n) is 4.13. The molecule has 1 aliphatic rings. The van der Waals surface area contributed by atoms with Crippen LogP contribution in [0.3, 0.4) is 0 Å². The lowest BCUT2D eigenvalue weighted by Crippen LogP contribution is -2.20. The summed E-state index contributed by atoms with van der Waals surface area (Å²) in [6.45, 7) is 0. The first-order chi connectivity index (χ1) is 7.62. The molecule has 2 N–H and O–H groups in total. The normalized spacial score (nSPS) is 17.6. The number of hydrogen-bond donors (Lipinski definition) is 2. The number of aromatic amines is 1. The van der Waals surface area contributed by atoms with Gasteiger partial charge in [0.1, 0.15) is 17.1 Å². The third-order valence-electron chi connectivity index (χ3n) is 3.06. The highest BCUT2D eigenvalue weighted by Gasteiger charge is 2.54. The minimum Gasteiger partial charge on any atom is -0.480 e. The summed E-state index contributed by atoms with van der Waals surface area (Å²) < 4.78 is 13.0. The predicted molar refractivity (Wildman–Crippen MR) is 54.6 cm³/mol. The van der Waals surface area contributed by atoms with Crippen molar-refractivity contribution >= 4 is 17.0 Å². The summed E-state index contributed by atoms with van der Waals surface area (Å²) in [7, 11) is 0. The molecule has 4 nitrogen and oxygen atoms in total. The molecule has 16 heavy (non-hydrogen) atoms. The maximum atomic E-state index is 13.0. The second-order valence-corrected chi connectivity index (χ2v) is 4.13. The number of carboxylic acid groups (broad SMARTS) is 1. The molecule has 0 unspecified atom stereocenters. The molecule has 0 aliphatic heterocycles. The van der Waals surface area contributed by atoms with Gasteiger partial charge in [0.2, 0.25) is 0 Å². The van der Waals surface area contributed by atoms with Crippen molar-refractivity contribution in [3.05, 3.63) is 29.8 Å². The van der Waals surface area contributed by atoms with E-state index in [-0.39, 0.29) is 5.82 Å². The molecule has 1 aromatic heterocycles. The molecule has 1 fully saturated rings. The van der Waals surface area contributed by atoms with Gasteiger partial charge in [0.05, 0.1) is 11.0 Å².